The smallest absolute Gasteiger partial charge is 0.269 e. The Hall–Kier alpha value is -4.41. The molecule has 11 heteroatoms. The molecule has 1 aromatic heterocycles. The number of anilines is 2. The summed E-state index contributed by atoms with van der Waals surface area (Å²) in [5.41, 5.74) is 1.97. The maximum atomic E-state index is 12.9. The predicted octanol–water partition coefficient (Wildman–Crippen LogP) is 5.67. The number of nitrogens with zero attached hydrogens (tertiary/aromatic N) is 3. The van der Waals surface area contributed by atoms with Gasteiger partial charge in [0.25, 0.3) is 11.6 Å². The van der Waals surface area contributed by atoms with Crippen molar-refractivity contribution < 1.29 is 14.5 Å². The number of nitrogens with one attached hydrogen (secondary N) is 2. The Balaban J connectivity index is 1.44. The minimum Gasteiger partial charge on any atom is -0.322 e. The molecule has 0 aliphatic carbocycles. The summed E-state index contributed by atoms with van der Waals surface area (Å²) in [6, 6.07) is 19.4. The number of non-ortho nitro benzene ring substituents is 1. The number of para-hydroxylation sites is 1. The third kappa shape index (κ3) is 6.14. The number of benzene rings is 3. The van der Waals surface area contributed by atoms with Gasteiger partial charge in [0.1, 0.15) is 5.01 Å². The average Bonchev–Trinajstić information content (AvgIpc) is 3.32. The lowest BCUT2D eigenvalue weighted by Crippen LogP contribution is -2.16. The molecule has 4 rings (SSSR count). The molecule has 174 valence electrons. The standard InChI is InChI=1S/C24H16ClN5O4S/c25-17-10-5-15(6-11-17)7-14-21(31)26-20-4-2-1-3-19(20)22(32)27-24-29-28-23(35-24)16-8-12-18(13-9-16)30(33)34/h1-14H,(H,26,31)(H,27,29,32)/b14-7+. The summed E-state index contributed by atoms with van der Waals surface area (Å²) in [6.45, 7) is 0. The van der Waals surface area contributed by atoms with E-state index in [1.165, 1.54) is 18.2 Å². The van der Waals surface area contributed by atoms with Crippen molar-refractivity contribution in [3.05, 3.63) is 105 Å². The van der Waals surface area contributed by atoms with Crippen molar-refractivity contribution in [2.75, 3.05) is 10.6 Å². The number of aromatic nitrogens is 2. The maximum Gasteiger partial charge on any atom is 0.269 e. The van der Waals surface area contributed by atoms with Crippen LogP contribution in [0.5, 0.6) is 0 Å². The molecule has 3 aromatic carbocycles. The normalized spacial score (nSPS) is 10.8. The number of nitro groups is 1. The SMILES string of the molecule is O=C(/C=C/c1ccc(Cl)cc1)Nc1ccccc1C(=O)Nc1nnc(-c2ccc([N+](=O)[O-])cc2)s1. The van der Waals surface area contributed by atoms with Crippen LogP contribution in [0.25, 0.3) is 16.6 Å². The second-order valence-corrected chi connectivity index (χ2v) is 8.50. The highest BCUT2D eigenvalue weighted by molar-refractivity contribution is 7.18. The molecule has 0 aliphatic heterocycles. The fourth-order valence-electron chi connectivity index (χ4n) is 2.99. The van der Waals surface area contributed by atoms with Crippen molar-refractivity contribution >= 4 is 57.3 Å². The number of carbonyl (C=O) groups excluding carboxylic acids is 2. The molecular weight excluding hydrogens is 490 g/mol. The van der Waals surface area contributed by atoms with Crippen LogP contribution in [0, 0.1) is 10.1 Å². The van der Waals surface area contributed by atoms with Crippen LogP contribution in [0.15, 0.2) is 78.9 Å². The predicted molar refractivity (Wildman–Crippen MR) is 136 cm³/mol. The molecule has 0 fully saturated rings. The number of halogens is 1. The van der Waals surface area contributed by atoms with Crippen molar-refractivity contribution in [2.45, 2.75) is 0 Å². The van der Waals surface area contributed by atoms with E-state index in [2.05, 4.69) is 20.8 Å². The van der Waals surface area contributed by atoms with Crippen LogP contribution in [0.3, 0.4) is 0 Å². The molecule has 35 heavy (non-hydrogen) atoms. The highest BCUT2D eigenvalue weighted by atomic mass is 35.5. The van der Waals surface area contributed by atoms with Crippen molar-refractivity contribution in [1.29, 1.82) is 0 Å². The van der Waals surface area contributed by atoms with E-state index in [4.69, 9.17) is 11.6 Å². The monoisotopic (exact) mass is 505 g/mol. The van der Waals surface area contributed by atoms with E-state index in [1.54, 1.807) is 66.7 Å². The van der Waals surface area contributed by atoms with Crippen LogP contribution in [0.4, 0.5) is 16.5 Å². The van der Waals surface area contributed by atoms with Crippen LogP contribution < -0.4 is 10.6 Å². The fraction of sp³-hybridized carbons (Fsp3) is 0. The summed E-state index contributed by atoms with van der Waals surface area (Å²) in [5, 5.41) is 25.5. The van der Waals surface area contributed by atoms with Gasteiger partial charge in [0.2, 0.25) is 11.0 Å². The molecule has 0 aliphatic rings. The summed E-state index contributed by atoms with van der Waals surface area (Å²) < 4.78 is 0. The number of hydrogen-bond donors (Lipinski definition) is 2. The first kappa shape index (κ1) is 23.7. The molecule has 0 unspecified atom stereocenters. The van der Waals surface area contributed by atoms with E-state index < -0.39 is 16.7 Å². The first-order chi connectivity index (χ1) is 16.9. The maximum absolute atomic E-state index is 12.9. The van der Waals surface area contributed by atoms with Gasteiger partial charge < -0.3 is 5.32 Å². The zero-order valence-electron chi connectivity index (χ0n) is 17.8. The lowest BCUT2D eigenvalue weighted by molar-refractivity contribution is -0.384. The van der Waals surface area contributed by atoms with E-state index in [9.17, 15) is 19.7 Å². The summed E-state index contributed by atoms with van der Waals surface area (Å²) >= 11 is 6.98. The Bertz CT molecular complexity index is 1420. The summed E-state index contributed by atoms with van der Waals surface area (Å²) in [5.74, 6) is -0.884. The lowest BCUT2D eigenvalue weighted by Gasteiger charge is -2.09. The number of nitro benzene ring substituents is 1. The first-order valence-corrected chi connectivity index (χ1v) is 11.3. The number of carbonyl (C=O) groups is 2. The van der Waals surface area contributed by atoms with Gasteiger partial charge in [0.05, 0.1) is 16.2 Å². The third-order valence-corrected chi connectivity index (χ3v) is 5.84. The molecule has 4 aromatic rings. The van der Waals surface area contributed by atoms with E-state index in [0.29, 0.717) is 21.3 Å². The molecule has 0 atom stereocenters. The van der Waals surface area contributed by atoms with Crippen LogP contribution >= 0.6 is 22.9 Å². The van der Waals surface area contributed by atoms with Gasteiger partial charge in [-0.1, -0.05) is 47.2 Å². The largest absolute Gasteiger partial charge is 0.322 e. The molecule has 1 heterocycles. The molecule has 0 saturated carbocycles. The minimum absolute atomic E-state index is 0.0338. The fourth-order valence-corrected chi connectivity index (χ4v) is 3.86. The Kier molecular flexibility index (Phi) is 7.24. The molecular formula is C24H16ClN5O4S. The summed E-state index contributed by atoms with van der Waals surface area (Å²) in [6.07, 6.45) is 2.99. The summed E-state index contributed by atoms with van der Waals surface area (Å²) in [4.78, 5) is 35.6. The quantitative estimate of drug-likeness (QED) is 0.189. The van der Waals surface area contributed by atoms with E-state index >= 15 is 0 Å². The van der Waals surface area contributed by atoms with Crippen LogP contribution in [0.1, 0.15) is 15.9 Å². The van der Waals surface area contributed by atoms with E-state index in [1.807, 2.05) is 0 Å². The Morgan fingerprint density at radius 1 is 0.943 bits per heavy atom. The van der Waals surface area contributed by atoms with E-state index in [-0.39, 0.29) is 16.4 Å². The second kappa shape index (κ2) is 10.7. The van der Waals surface area contributed by atoms with Crippen LogP contribution in [-0.4, -0.2) is 26.9 Å². The molecule has 0 radical (unpaired) electrons. The van der Waals surface area contributed by atoms with Gasteiger partial charge in [0, 0.05) is 28.8 Å². The Labute approximate surface area is 208 Å². The highest BCUT2D eigenvalue weighted by Gasteiger charge is 2.16. The Morgan fingerprint density at radius 2 is 1.66 bits per heavy atom. The topological polar surface area (TPSA) is 127 Å². The van der Waals surface area contributed by atoms with Crippen LogP contribution in [0.2, 0.25) is 5.02 Å². The van der Waals surface area contributed by atoms with Gasteiger partial charge in [-0.3, -0.25) is 25.0 Å². The highest BCUT2D eigenvalue weighted by Crippen LogP contribution is 2.28. The zero-order valence-corrected chi connectivity index (χ0v) is 19.4. The summed E-state index contributed by atoms with van der Waals surface area (Å²) in [7, 11) is 0. The van der Waals surface area contributed by atoms with Gasteiger partial charge in [-0.05, 0) is 48.0 Å². The molecule has 9 nitrogen and oxygen atoms in total. The van der Waals surface area contributed by atoms with Gasteiger partial charge in [-0.15, -0.1) is 10.2 Å². The first-order valence-electron chi connectivity index (χ1n) is 10.1. The Morgan fingerprint density at radius 3 is 2.37 bits per heavy atom. The average molecular weight is 506 g/mol. The molecule has 2 amide bonds. The van der Waals surface area contributed by atoms with Gasteiger partial charge in [0.15, 0.2) is 0 Å². The van der Waals surface area contributed by atoms with Crippen molar-refractivity contribution in [3.63, 3.8) is 0 Å². The van der Waals surface area contributed by atoms with Crippen LogP contribution in [-0.2, 0) is 4.79 Å². The minimum atomic E-state index is -0.487. The molecule has 0 saturated heterocycles. The van der Waals surface area contributed by atoms with Gasteiger partial charge in [-0.2, -0.15) is 0 Å². The molecule has 0 spiro atoms. The van der Waals surface area contributed by atoms with E-state index in [0.717, 1.165) is 16.9 Å². The van der Waals surface area contributed by atoms with Gasteiger partial charge in [-0.25, -0.2) is 0 Å². The third-order valence-electron chi connectivity index (χ3n) is 4.70. The second-order valence-electron chi connectivity index (χ2n) is 7.09. The van der Waals surface area contributed by atoms with Crippen molar-refractivity contribution in [1.82, 2.24) is 10.2 Å². The van der Waals surface area contributed by atoms with Gasteiger partial charge >= 0.3 is 0 Å². The number of rotatable bonds is 7. The lowest BCUT2D eigenvalue weighted by atomic mass is 10.1. The number of hydrogen-bond acceptors (Lipinski definition) is 7. The van der Waals surface area contributed by atoms with Crippen molar-refractivity contribution in [2.24, 2.45) is 0 Å². The molecule has 2 N–H and O–H groups in total. The zero-order chi connectivity index (χ0) is 24.8. The van der Waals surface area contributed by atoms with Crippen molar-refractivity contribution in [3.8, 4) is 10.6 Å². The number of amides is 2. The molecule has 0 bridgehead atoms.